The van der Waals surface area contributed by atoms with E-state index < -0.39 is 5.97 Å². The molecule has 1 aliphatic heterocycles. The van der Waals surface area contributed by atoms with Gasteiger partial charge in [-0.3, -0.25) is 9.69 Å². The number of urea groups is 1. The molecule has 1 aromatic rings. The molecule has 26 heavy (non-hydrogen) atoms. The minimum Gasteiger partial charge on any atom is -0.480 e. The number of amides is 2. The van der Waals surface area contributed by atoms with Crippen molar-refractivity contribution in [3.05, 3.63) is 29.3 Å². The van der Waals surface area contributed by atoms with Crippen LogP contribution in [0.2, 0.25) is 0 Å². The molecule has 0 spiro atoms. The number of carboxylic acids is 1. The third-order valence-corrected chi connectivity index (χ3v) is 5.23. The Morgan fingerprint density at radius 3 is 2.35 bits per heavy atom. The van der Waals surface area contributed by atoms with E-state index >= 15 is 0 Å². The zero-order valence-electron chi connectivity index (χ0n) is 16.1. The molecule has 0 unspecified atom stereocenters. The first-order valence-electron chi connectivity index (χ1n) is 9.62. The summed E-state index contributed by atoms with van der Waals surface area (Å²) in [5.74, 6) is -0.797. The summed E-state index contributed by atoms with van der Waals surface area (Å²) in [4.78, 5) is 27.3. The van der Waals surface area contributed by atoms with Crippen LogP contribution in [0, 0.1) is 0 Å². The van der Waals surface area contributed by atoms with Crippen molar-refractivity contribution in [1.82, 2.24) is 9.80 Å². The number of aliphatic carboxylic acids is 1. The number of rotatable bonds is 7. The van der Waals surface area contributed by atoms with Crippen LogP contribution in [-0.2, 0) is 17.6 Å². The van der Waals surface area contributed by atoms with E-state index in [1.165, 1.54) is 11.1 Å². The van der Waals surface area contributed by atoms with Crippen LogP contribution in [0.25, 0.3) is 0 Å². The first kappa shape index (κ1) is 20.2. The Morgan fingerprint density at radius 1 is 1.15 bits per heavy atom. The molecule has 6 heteroatoms. The maximum Gasteiger partial charge on any atom is 0.321 e. The fourth-order valence-electron chi connectivity index (χ4n) is 3.69. The molecule has 0 aromatic heterocycles. The Balaban J connectivity index is 1.91. The number of carboxylic acid groups (broad SMARTS) is 1. The highest BCUT2D eigenvalue weighted by molar-refractivity contribution is 5.89. The van der Waals surface area contributed by atoms with Crippen LogP contribution in [0.1, 0.15) is 44.7 Å². The third-order valence-electron chi connectivity index (χ3n) is 5.23. The van der Waals surface area contributed by atoms with Crippen molar-refractivity contribution in [1.29, 1.82) is 0 Å². The largest absolute Gasteiger partial charge is 0.480 e. The molecular formula is C20H31N3O3. The highest BCUT2D eigenvalue weighted by Gasteiger charge is 2.27. The fraction of sp³-hybridized carbons (Fsp3) is 0.600. The third kappa shape index (κ3) is 5.21. The van der Waals surface area contributed by atoms with Gasteiger partial charge >= 0.3 is 12.0 Å². The van der Waals surface area contributed by atoms with Crippen LogP contribution in [0.15, 0.2) is 18.2 Å². The first-order valence-corrected chi connectivity index (χ1v) is 9.62. The lowest BCUT2D eigenvalue weighted by Gasteiger charge is -2.37. The summed E-state index contributed by atoms with van der Waals surface area (Å²) in [5, 5.41) is 12.0. The monoisotopic (exact) mass is 361 g/mol. The number of hydrogen-bond donors (Lipinski definition) is 2. The minimum atomic E-state index is -0.797. The van der Waals surface area contributed by atoms with Gasteiger partial charge in [0.15, 0.2) is 0 Å². The van der Waals surface area contributed by atoms with Gasteiger partial charge in [0.1, 0.15) is 0 Å². The molecule has 0 radical (unpaired) electrons. The van der Waals surface area contributed by atoms with Gasteiger partial charge in [-0.15, -0.1) is 0 Å². The Bertz CT molecular complexity index is 625. The van der Waals surface area contributed by atoms with Gasteiger partial charge in [-0.05, 0) is 55.5 Å². The molecule has 2 amide bonds. The summed E-state index contributed by atoms with van der Waals surface area (Å²) >= 11 is 0. The molecule has 0 saturated carbocycles. The summed E-state index contributed by atoms with van der Waals surface area (Å²) in [6, 6.07) is 6.28. The molecule has 0 atom stereocenters. The van der Waals surface area contributed by atoms with Crippen molar-refractivity contribution in [2.45, 2.75) is 52.5 Å². The standard InChI is InChI=1S/C20H31N3O3/c1-4-15-7-8-17(13-16(15)5-2)21-20(26)23-11-9-18(10-12-23)22(6-3)14-19(24)25/h7-8,13,18H,4-6,9-12,14H2,1-3H3,(H,21,26)(H,24,25). The maximum atomic E-state index is 12.6. The van der Waals surface area contributed by atoms with Gasteiger partial charge in [-0.25, -0.2) is 4.79 Å². The molecule has 0 aliphatic carbocycles. The van der Waals surface area contributed by atoms with E-state index in [0.717, 1.165) is 31.4 Å². The van der Waals surface area contributed by atoms with Crippen molar-refractivity contribution in [3.8, 4) is 0 Å². The Kier molecular flexibility index (Phi) is 7.45. The molecule has 1 aliphatic rings. The second-order valence-corrected chi connectivity index (χ2v) is 6.80. The highest BCUT2D eigenvalue weighted by atomic mass is 16.4. The van der Waals surface area contributed by atoms with E-state index in [0.29, 0.717) is 19.6 Å². The van der Waals surface area contributed by atoms with Gasteiger partial charge in [-0.2, -0.15) is 0 Å². The van der Waals surface area contributed by atoms with Crippen molar-refractivity contribution in [2.75, 3.05) is 31.5 Å². The number of aryl methyl sites for hydroxylation is 2. The van der Waals surface area contributed by atoms with Crippen LogP contribution >= 0.6 is 0 Å². The number of carbonyl (C=O) groups is 2. The number of nitrogens with zero attached hydrogens (tertiary/aromatic N) is 2. The number of anilines is 1. The van der Waals surface area contributed by atoms with Crippen LogP contribution in [0.3, 0.4) is 0 Å². The number of likely N-dealkylation sites (N-methyl/N-ethyl adjacent to an activating group) is 1. The Labute approximate surface area is 156 Å². The molecule has 0 bridgehead atoms. The van der Waals surface area contributed by atoms with E-state index in [-0.39, 0.29) is 18.6 Å². The van der Waals surface area contributed by atoms with Gasteiger partial charge < -0.3 is 15.3 Å². The lowest BCUT2D eigenvalue weighted by Crippen LogP contribution is -2.49. The molecule has 2 N–H and O–H groups in total. The average Bonchev–Trinajstić information content (AvgIpc) is 2.65. The molecular weight excluding hydrogens is 330 g/mol. The first-order chi connectivity index (χ1) is 12.5. The quantitative estimate of drug-likeness (QED) is 0.782. The normalized spacial score (nSPS) is 15.3. The number of nitrogens with one attached hydrogen (secondary N) is 1. The SMILES string of the molecule is CCc1ccc(NC(=O)N2CCC(N(CC)CC(=O)O)CC2)cc1CC. The van der Waals surface area contributed by atoms with Gasteiger partial charge in [0.25, 0.3) is 0 Å². The lowest BCUT2D eigenvalue weighted by atomic mass is 10.0. The molecule has 1 aromatic carbocycles. The second-order valence-electron chi connectivity index (χ2n) is 6.80. The van der Waals surface area contributed by atoms with E-state index in [9.17, 15) is 9.59 Å². The minimum absolute atomic E-state index is 0.0664. The Morgan fingerprint density at radius 2 is 1.81 bits per heavy atom. The van der Waals surface area contributed by atoms with Crippen molar-refractivity contribution >= 4 is 17.7 Å². The summed E-state index contributed by atoms with van der Waals surface area (Å²) in [7, 11) is 0. The number of benzene rings is 1. The molecule has 2 rings (SSSR count). The fourth-order valence-corrected chi connectivity index (χ4v) is 3.69. The van der Waals surface area contributed by atoms with Crippen LogP contribution in [0.4, 0.5) is 10.5 Å². The molecule has 6 nitrogen and oxygen atoms in total. The van der Waals surface area contributed by atoms with Crippen molar-refractivity contribution < 1.29 is 14.7 Å². The van der Waals surface area contributed by atoms with E-state index in [4.69, 9.17) is 5.11 Å². The smallest absolute Gasteiger partial charge is 0.321 e. The highest BCUT2D eigenvalue weighted by Crippen LogP contribution is 2.20. The molecule has 1 saturated heterocycles. The van der Waals surface area contributed by atoms with Gasteiger partial charge in [0.2, 0.25) is 0 Å². The summed E-state index contributed by atoms with van der Waals surface area (Å²) < 4.78 is 0. The number of carbonyl (C=O) groups excluding carboxylic acids is 1. The van der Waals surface area contributed by atoms with Crippen LogP contribution in [0.5, 0.6) is 0 Å². The Hall–Kier alpha value is -2.08. The number of piperidine rings is 1. The topological polar surface area (TPSA) is 72.9 Å². The average molecular weight is 361 g/mol. The van der Waals surface area contributed by atoms with E-state index in [2.05, 4.69) is 31.3 Å². The summed E-state index contributed by atoms with van der Waals surface area (Å²) in [6.07, 6.45) is 3.57. The number of hydrogen-bond acceptors (Lipinski definition) is 3. The van der Waals surface area contributed by atoms with Crippen LogP contribution < -0.4 is 5.32 Å². The summed E-state index contributed by atoms with van der Waals surface area (Å²) in [5.41, 5.74) is 3.44. The molecule has 1 fully saturated rings. The lowest BCUT2D eigenvalue weighted by molar-refractivity contribution is -0.139. The zero-order valence-corrected chi connectivity index (χ0v) is 16.1. The molecule has 1 heterocycles. The van der Waals surface area contributed by atoms with Crippen molar-refractivity contribution in [2.24, 2.45) is 0 Å². The summed E-state index contributed by atoms with van der Waals surface area (Å²) in [6.45, 7) is 8.33. The predicted octanol–water partition coefficient (Wildman–Crippen LogP) is 3.21. The van der Waals surface area contributed by atoms with E-state index in [1.807, 2.05) is 22.8 Å². The predicted molar refractivity (Wildman–Crippen MR) is 104 cm³/mol. The number of likely N-dealkylation sites (tertiary alicyclic amines) is 1. The van der Waals surface area contributed by atoms with Gasteiger partial charge in [-0.1, -0.05) is 26.8 Å². The zero-order chi connectivity index (χ0) is 19.1. The molecule has 144 valence electrons. The maximum absolute atomic E-state index is 12.6. The van der Waals surface area contributed by atoms with Crippen LogP contribution in [-0.4, -0.2) is 59.1 Å². The van der Waals surface area contributed by atoms with Gasteiger partial charge in [0, 0.05) is 24.8 Å². The second kappa shape index (κ2) is 9.57. The van der Waals surface area contributed by atoms with Crippen molar-refractivity contribution in [3.63, 3.8) is 0 Å². The van der Waals surface area contributed by atoms with Gasteiger partial charge in [0.05, 0.1) is 6.54 Å². The van der Waals surface area contributed by atoms with E-state index in [1.54, 1.807) is 0 Å².